The predicted molar refractivity (Wildman–Crippen MR) is 279 cm³/mol. The Morgan fingerprint density at radius 2 is 1.05 bits per heavy atom. The summed E-state index contributed by atoms with van der Waals surface area (Å²) in [5.41, 5.74) is 0.537. The number of carbonyl (C=O) groups excluding carboxylic acids is 2. The summed E-state index contributed by atoms with van der Waals surface area (Å²) < 4.78 is 128. The van der Waals surface area contributed by atoms with Crippen LogP contribution in [0.3, 0.4) is 0 Å². The van der Waals surface area contributed by atoms with Gasteiger partial charge >= 0.3 is 0 Å². The zero-order valence-electron chi connectivity index (χ0n) is 41.8. The number of sulfonamides is 3. The second kappa shape index (κ2) is 18.7. The van der Waals surface area contributed by atoms with Crippen LogP contribution in [0, 0.1) is 11.8 Å². The third-order valence-electron chi connectivity index (χ3n) is 15.6. The van der Waals surface area contributed by atoms with Crippen molar-refractivity contribution in [3.63, 3.8) is 0 Å². The van der Waals surface area contributed by atoms with Crippen LogP contribution in [-0.4, -0.2) is 144 Å². The highest BCUT2D eigenvalue weighted by atomic mass is 32.2. The van der Waals surface area contributed by atoms with Crippen molar-refractivity contribution in [1.82, 2.24) is 14.1 Å². The molecule has 0 spiro atoms. The van der Waals surface area contributed by atoms with Gasteiger partial charge in [-0.2, -0.15) is 21.1 Å². The maximum absolute atomic E-state index is 14.7. The minimum Gasteiger partial charge on any atom is -0.511 e. The molecule has 0 aliphatic carbocycles. The molecule has 77 heavy (non-hydrogen) atoms. The predicted octanol–water partition coefficient (Wildman–Crippen LogP) is 4.63. The third kappa shape index (κ3) is 8.35. The van der Waals surface area contributed by atoms with E-state index in [9.17, 15) is 45.1 Å². The topological polar surface area (TPSA) is 291 Å². The van der Waals surface area contributed by atoms with E-state index in [1.165, 1.54) is 39.2 Å². The van der Waals surface area contributed by atoms with Crippen molar-refractivity contribution >= 4 is 86.2 Å². The normalized spacial score (nSPS) is 27.4. The van der Waals surface area contributed by atoms with Crippen LogP contribution in [0.5, 0.6) is 23.0 Å². The molecule has 2 aromatic heterocycles. The molecule has 8 aliphatic rings. The number of amidine groups is 2. The molecular formula is C49H51N7O16S5. The molecule has 4 bridgehead atoms. The van der Waals surface area contributed by atoms with Crippen molar-refractivity contribution in [3.05, 3.63) is 92.1 Å². The summed E-state index contributed by atoms with van der Waals surface area (Å²) in [4.78, 5) is 31.7. The molecule has 408 valence electrons. The zero-order chi connectivity index (χ0) is 54.2. The van der Waals surface area contributed by atoms with Crippen LogP contribution in [0.2, 0.25) is 0 Å². The van der Waals surface area contributed by atoms with Gasteiger partial charge in [0, 0.05) is 47.5 Å². The van der Waals surface area contributed by atoms with Gasteiger partial charge in [-0.1, -0.05) is 0 Å². The Morgan fingerprint density at radius 3 is 1.43 bits per heavy atom. The molecule has 0 saturated carbocycles. The fourth-order valence-electron chi connectivity index (χ4n) is 12.2. The Labute approximate surface area is 450 Å². The van der Waals surface area contributed by atoms with E-state index in [-0.39, 0.29) is 78.9 Å². The number of rotatable bonds is 15. The number of aliphatic hydroxyl groups is 2. The summed E-state index contributed by atoms with van der Waals surface area (Å²) in [6, 6.07) is 9.17. The number of amides is 2. The van der Waals surface area contributed by atoms with Gasteiger partial charge in [0.25, 0.3) is 31.9 Å². The molecule has 10 heterocycles. The summed E-state index contributed by atoms with van der Waals surface area (Å²) in [5, 5.41) is 32.5. The number of anilines is 2. The highest BCUT2D eigenvalue weighted by Gasteiger charge is 2.60. The highest BCUT2D eigenvalue weighted by molar-refractivity contribution is 7.91. The largest absolute Gasteiger partial charge is 0.511 e. The third-order valence-corrected chi connectivity index (χ3v) is 21.8. The molecule has 4 N–H and O–H groups in total. The van der Waals surface area contributed by atoms with Gasteiger partial charge in [0.2, 0.25) is 10.0 Å². The second-order valence-corrected chi connectivity index (χ2v) is 26.6. The lowest BCUT2D eigenvalue weighted by molar-refractivity contribution is -0.134. The number of nitrogens with zero attached hydrogens (tertiary/aromatic N) is 5. The van der Waals surface area contributed by atoms with E-state index in [1.807, 2.05) is 0 Å². The van der Waals surface area contributed by atoms with Crippen LogP contribution in [0.1, 0.15) is 47.9 Å². The molecule has 8 unspecified atom stereocenters. The van der Waals surface area contributed by atoms with Crippen LogP contribution in [0.25, 0.3) is 0 Å². The average molecular weight is 1150 g/mol. The molecule has 8 atom stereocenters. The standard InChI is InChI=1S/C49H51N7O16S5/c1-67-26-8-6-22(32(14-26)69-3)18-55-38-30-12-10-28(71-30)34(38)40(57)36(48(55)59)44-50-46-42(76(63,64)52-44)24(20-73-46)16-54(75(5,61)62)17-25-21-74-47-43(25)77(65,66)53-45(51-47)37-41(58)35-29-11-13-31(72-29)39(35)56(49(37)60)19-23-7-9-27(68-2)15-33(23)70-4/h6-9,14-15,20-21,28-31,34-35,38-39,57-58H,10-13,16-19H2,1-5H3,(H,50,52)(H,51,53). The minimum atomic E-state index is -4.71. The van der Waals surface area contributed by atoms with Gasteiger partial charge in [-0.05, 0) is 60.7 Å². The Bertz CT molecular complexity index is 3460. The molecule has 23 nitrogen and oxygen atoms in total. The Morgan fingerprint density at radius 1 is 0.649 bits per heavy atom. The van der Waals surface area contributed by atoms with E-state index in [0.29, 0.717) is 59.8 Å². The first-order valence-corrected chi connectivity index (χ1v) is 30.8. The van der Waals surface area contributed by atoms with Gasteiger partial charge in [-0.3, -0.25) is 9.59 Å². The lowest BCUT2D eigenvalue weighted by Crippen LogP contribution is -2.55. The van der Waals surface area contributed by atoms with Gasteiger partial charge in [0.05, 0.1) is 96.1 Å². The molecule has 4 fully saturated rings. The number of carbonyl (C=O) groups is 2. The molecular weight excluding hydrogens is 1100 g/mol. The SMILES string of the molecule is COc1ccc(CN2C(=O)C(C3=NS(=O)(=O)c4c(CN(Cc5csc6c5S(=O)(=O)N=C(C5=C(O)C7C8CCC(O8)C7N(Cc7ccc(OC)cc7OC)C5=O)N6)S(C)(=O)=O)csc4N3)=C(O)C3C4CCC(O4)C32)c(OC)c1. The molecule has 4 saturated heterocycles. The number of aliphatic hydroxyl groups excluding tert-OH is 2. The van der Waals surface area contributed by atoms with Crippen molar-refractivity contribution < 1.29 is 73.5 Å². The van der Waals surface area contributed by atoms with Gasteiger partial charge in [0.15, 0.2) is 11.7 Å². The van der Waals surface area contributed by atoms with E-state index in [2.05, 4.69) is 19.4 Å². The molecule has 4 aromatic rings. The summed E-state index contributed by atoms with van der Waals surface area (Å²) in [7, 11) is -7.66. The lowest BCUT2D eigenvalue weighted by Gasteiger charge is -2.42. The van der Waals surface area contributed by atoms with Gasteiger partial charge < -0.3 is 59.1 Å². The van der Waals surface area contributed by atoms with Crippen molar-refractivity contribution in [1.29, 1.82) is 0 Å². The number of benzene rings is 2. The smallest absolute Gasteiger partial charge is 0.287 e. The van der Waals surface area contributed by atoms with Crippen LogP contribution >= 0.6 is 22.7 Å². The van der Waals surface area contributed by atoms with E-state index in [0.717, 1.165) is 33.2 Å². The minimum absolute atomic E-state index is 0.00244. The fourth-order valence-corrected chi connectivity index (χ4v) is 18.1. The molecule has 2 aromatic carbocycles. The van der Waals surface area contributed by atoms with Crippen molar-refractivity contribution in [2.24, 2.45) is 20.6 Å². The van der Waals surface area contributed by atoms with Crippen LogP contribution in [-0.2, 0) is 75.3 Å². The zero-order valence-corrected chi connectivity index (χ0v) is 45.9. The molecule has 8 aliphatic heterocycles. The first-order valence-electron chi connectivity index (χ1n) is 24.3. The molecule has 12 rings (SSSR count). The first-order chi connectivity index (χ1) is 36.7. The lowest BCUT2D eigenvalue weighted by atomic mass is 9.77. The first kappa shape index (κ1) is 51.5. The number of hydrogen-bond donors (Lipinski definition) is 4. The summed E-state index contributed by atoms with van der Waals surface area (Å²) >= 11 is 1.81. The van der Waals surface area contributed by atoms with Crippen LogP contribution in [0.15, 0.2) is 88.4 Å². The van der Waals surface area contributed by atoms with Gasteiger partial charge in [-0.25, -0.2) is 8.42 Å². The maximum Gasteiger partial charge on any atom is 0.287 e. The monoisotopic (exact) mass is 1150 g/mol. The summed E-state index contributed by atoms with van der Waals surface area (Å²) in [6.45, 7) is -1.09. The quantitative estimate of drug-likeness (QED) is 0.126. The van der Waals surface area contributed by atoms with E-state index in [4.69, 9.17) is 28.4 Å². The van der Waals surface area contributed by atoms with Gasteiger partial charge in [0.1, 0.15) is 65.5 Å². The number of nitrogens with one attached hydrogen (secondary N) is 2. The van der Waals surface area contributed by atoms with Crippen LogP contribution < -0.4 is 29.6 Å². The summed E-state index contributed by atoms with van der Waals surface area (Å²) in [5.74, 6) is -2.37. The Hall–Kier alpha value is -6.27. The number of ether oxygens (including phenoxy) is 6. The maximum atomic E-state index is 14.7. The van der Waals surface area contributed by atoms with Gasteiger partial charge in [-0.15, -0.1) is 31.5 Å². The Kier molecular flexibility index (Phi) is 12.5. The fraction of sp³-hybridized carbons (Fsp3) is 0.429. The number of hydrogen-bond acceptors (Lipinski definition) is 20. The van der Waals surface area contributed by atoms with E-state index >= 15 is 0 Å². The number of fused-ring (bicyclic) bond motifs is 12. The number of thiophene rings is 2. The number of methoxy groups -OCH3 is 4. The molecule has 28 heteroatoms. The molecule has 0 radical (unpaired) electrons. The molecule has 2 amide bonds. The highest BCUT2D eigenvalue weighted by Crippen LogP contribution is 2.52. The van der Waals surface area contributed by atoms with Crippen molar-refractivity contribution in [3.8, 4) is 23.0 Å². The van der Waals surface area contributed by atoms with Crippen molar-refractivity contribution in [2.45, 2.75) is 98.2 Å². The van der Waals surface area contributed by atoms with Crippen LogP contribution in [0.4, 0.5) is 10.0 Å². The average Bonchev–Trinajstić information content (AvgIpc) is 4.31. The second-order valence-electron chi connectivity index (χ2n) is 19.8. The van der Waals surface area contributed by atoms with E-state index in [1.54, 1.807) is 46.2 Å². The summed E-state index contributed by atoms with van der Waals surface area (Å²) in [6.07, 6.45) is 1.77. The van der Waals surface area contributed by atoms with E-state index < -0.39 is 103 Å². The van der Waals surface area contributed by atoms with Crippen molar-refractivity contribution in [2.75, 3.05) is 45.3 Å². The Balaban J connectivity index is 0.818.